The van der Waals surface area contributed by atoms with Crippen LogP contribution in [0.1, 0.15) is 64.7 Å². The van der Waals surface area contributed by atoms with Crippen molar-refractivity contribution in [3.05, 3.63) is 35.9 Å². The molecule has 1 atom stereocenters. The highest BCUT2D eigenvalue weighted by Crippen LogP contribution is 2.36. The molecule has 0 aliphatic heterocycles. The van der Waals surface area contributed by atoms with Crippen LogP contribution in [0, 0.1) is 11.3 Å². The van der Waals surface area contributed by atoms with Gasteiger partial charge < -0.3 is 14.9 Å². The average molecular weight is 338 g/mol. The largest absolute Gasteiger partial charge is 0.478 e. The first-order valence-corrected chi connectivity index (χ1v) is 8.18. The molecular weight excluding hydrogens is 308 g/mol. The monoisotopic (exact) mass is 338 g/mol. The highest BCUT2D eigenvalue weighted by Gasteiger charge is 2.42. The summed E-state index contributed by atoms with van der Waals surface area (Å²) in [6, 6.07) is 8.30. The van der Waals surface area contributed by atoms with Gasteiger partial charge in [-0.3, -0.25) is 4.79 Å². The van der Waals surface area contributed by atoms with Crippen LogP contribution in [0.15, 0.2) is 30.3 Å². The van der Waals surface area contributed by atoms with E-state index in [1.165, 1.54) is 0 Å². The Morgan fingerprint density at radius 1 is 1.12 bits per heavy atom. The maximum Gasteiger partial charge on any atom is 0.335 e. The molecule has 2 N–H and O–H groups in total. The zero-order valence-corrected chi connectivity index (χ0v) is 15.5. The number of benzene rings is 1. The van der Waals surface area contributed by atoms with E-state index in [1.54, 1.807) is 51.1 Å². The average Bonchev–Trinajstić information content (AvgIpc) is 2.48. The summed E-state index contributed by atoms with van der Waals surface area (Å²) in [5.74, 6) is -2.85. The summed E-state index contributed by atoms with van der Waals surface area (Å²) in [6.45, 7) is 10.9. The highest BCUT2D eigenvalue weighted by atomic mass is 16.7. The topological polar surface area (TPSA) is 83.8 Å². The van der Waals surface area contributed by atoms with Crippen molar-refractivity contribution in [2.45, 2.75) is 60.2 Å². The maximum absolute atomic E-state index is 11.4. The second-order valence-electron chi connectivity index (χ2n) is 6.86. The van der Waals surface area contributed by atoms with Gasteiger partial charge >= 0.3 is 11.9 Å². The lowest BCUT2D eigenvalue weighted by molar-refractivity contribution is -0.248. The number of ether oxygens (including phenoxy) is 1. The molecule has 0 saturated heterocycles. The van der Waals surface area contributed by atoms with Gasteiger partial charge in [-0.2, -0.15) is 0 Å². The van der Waals surface area contributed by atoms with E-state index >= 15 is 0 Å². The molecule has 5 nitrogen and oxygen atoms in total. The Labute approximate surface area is 144 Å². The number of rotatable bonds is 6. The fraction of sp³-hybridized carbons (Fsp3) is 0.579. The van der Waals surface area contributed by atoms with Gasteiger partial charge in [-0.15, -0.1) is 0 Å². The molecule has 1 unspecified atom stereocenters. The smallest absolute Gasteiger partial charge is 0.335 e. The molecule has 1 aromatic rings. The van der Waals surface area contributed by atoms with E-state index in [-0.39, 0.29) is 11.9 Å². The van der Waals surface area contributed by atoms with Gasteiger partial charge in [-0.25, -0.2) is 4.79 Å². The second-order valence-corrected chi connectivity index (χ2v) is 6.86. The lowest BCUT2D eigenvalue weighted by atomic mass is 9.80. The quantitative estimate of drug-likeness (QED) is 0.602. The Bertz CT molecular complexity index is 518. The first-order valence-electron chi connectivity index (χ1n) is 8.18. The van der Waals surface area contributed by atoms with Crippen molar-refractivity contribution >= 4 is 11.9 Å². The zero-order valence-electron chi connectivity index (χ0n) is 15.5. The SMILES string of the molecule is CCCC(C)(C)C(C)(O)OC(=O)C(C)C.O=C(O)c1ccccc1. The van der Waals surface area contributed by atoms with Crippen molar-refractivity contribution in [3.63, 3.8) is 0 Å². The van der Waals surface area contributed by atoms with E-state index in [0.29, 0.717) is 5.56 Å². The van der Waals surface area contributed by atoms with Crippen molar-refractivity contribution in [2.75, 3.05) is 0 Å². The summed E-state index contributed by atoms with van der Waals surface area (Å²) in [7, 11) is 0. The molecule has 1 aromatic carbocycles. The number of carbonyl (C=O) groups excluding carboxylic acids is 1. The second kappa shape index (κ2) is 9.42. The van der Waals surface area contributed by atoms with Crippen molar-refractivity contribution in [2.24, 2.45) is 11.3 Å². The molecule has 1 rings (SSSR count). The fourth-order valence-corrected chi connectivity index (χ4v) is 1.89. The molecule has 0 aliphatic rings. The van der Waals surface area contributed by atoms with Gasteiger partial charge in [0.05, 0.1) is 11.5 Å². The minimum Gasteiger partial charge on any atom is -0.478 e. The van der Waals surface area contributed by atoms with E-state index in [2.05, 4.69) is 0 Å². The summed E-state index contributed by atoms with van der Waals surface area (Å²) in [6.07, 6.45) is 1.76. The van der Waals surface area contributed by atoms with Crippen molar-refractivity contribution in [1.82, 2.24) is 0 Å². The van der Waals surface area contributed by atoms with Crippen molar-refractivity contribution in [1.29, 1.82) is 0 Å². The van der Waals surface area contributed by atoms with Gasteiger partial charge in [0.1, 0.15) is 0 Å². The van der Waals surface area contributed by atoms with E-state index in [0.717, 1.165) is 12.8 Å². The normalized spacial score (nSPS) is 13.5. The highest BCUT2D eigenvalue weighted by molar-refractivity contribution is 5.87. The summed E-state index contributed by atoms with van der Waals surface area (Å²) >= 11 is 0. The number of carboxylic acid groups (broad SMARTS) is 1. The van der Waals surface area contributed by atoms with Crippen LogP contribution in [-0.2, 0) is 9.53 Å². The van der Waals surface area contributed by atoms with Crippen LogP contribution >= 0.6 is 0 Å². The summed E-state index contributed by atoms with van der Waals surface area (Å²) in [5, 5.41) is 18.5. The van der Waals surface area contributed by atoms with Gasteiger partial charge in [0.25, 0.3) is 0 Å². The van der Waals surface area contributed by atoms with Crippen LogP contribution in [0.3, 0.4) is 0 Å². The van der Waals surface area contributed by atoms with E-state index in [4.69, 9.17) is 9.84 Å². The Kier molecular flexibility index (Phi) is 8.69. The lowest BCUT2D eigenvalue weighted by Crippen LogP contribution is -2.46. The van der Waals surface area contributed by atoms with Gasteiger partial charge in [-0.05, 0) is 18.6 Å². The number of hydrogen-bond donors (Lipinski definition) is 2. The summed E-state index contributed by atoms with van der Waals surface area (Å²) in [5.41, 5.74) is -0.0933. The molecule has 0 bridgehead atoms. The molecule has 0 spiro atoms. The molecule has 136 valence electrons. The van der Waals surface area contributed by atoms with E-state index in [9.17, 15) is 14.7 Å². The Balaban J connectivity index is 0.000000496. The third-order valence-corrected chi connectivity index (χ3v) is 3.92. The number of hydrogen-bond acceptors (Lipinski definition) is 4. The van der Waals surface area contributed by atoms with Crippen molar-refractivity contribution < 1.29 is 24.5 Å². The van der Waals surface area contributed by atoms with Crippen LogP contribution in [0.2, 0.25) is 0 Å². The molecule has 0 saturated carbocycles. The minimum atomic E-state index is -1.40. The summed E-state index contributed by atoms with van der Waals surface area (Å²) < 4.78 is 5.13. The van der Waals surface area contributed by atoms with Crippen LogP contribution in [0.4, 0.5) is 0 Å². The van der Waals surface area contributed by atoms with Gasteiger partial charge in [0.2, 0.25) is 5.79 Å². The third-order valence-electron chi connectivity index (χ3n) is 3.92. The van der Waals surface area contributed by atoms with Crippen LogP contribution in [-0.4, -0.2) is 27.9 Å². The van der Waals surface area contributed by atoms with Crippen molar-refractivity contribution in [3.8, 4) is 0 Å². The predicted octanol–water partition coefficient (Wildman–Crippen LogP) is 4.11. The van der Waals surface area contributed by atoms with Gasteiger partial charge in [0.15, 0.2) is 0 Å². The minimum absolute atomic E-state index is 0.214. The zero-order chi connectivity index (χ0) is 19.0. The molecular formula is C19H30O5. The third kappa shape index (κ3) is 7.13. The number of carboxylic acids is 1. The molecule has 0 amide bonds. The summed E-state index contributed by atoms with van der Waals surface area (Å²) in [4.78, 5) is 21.6. The standard InChI is InChI=1S/C12H24O3.C7H6O2/c1-7-8-11(4,5)12(6,14)15-10(13)9(2)3;8-7(9)6-4-2-1-3-5-6/h9,14H,7-8H2,1-6H3;1-5H,(H,8,9). The molecule has 0 fully saturated rings. The molecule has 0 aromatic heterocycles. The fourth-order valence-electron chi connectivity index (χ4n) is 1.89. The first kappa shape index (κ1) is 22.1. The Morgan fingerprint density at radius 2 is 1.62 bits per heavy atom. The first-order chi connectivity index (χ1) is 10.9. The van der Waals surface area contributed by atoms with Crippen LogP contribution in [0.25, 0.3) is 0 Å². The van der Waals surface area contributed by atoms with Crippen LogP contribution < -0.4 is 0 Å². The molecule has 0 radical (unpaired) electrons. The Morgan fingerprint density at radius 3 is 1.96 bits per heavy atom. The number of esters is 1. The van der Waals surface area contributed by atoms with Crippen LogP contribution in [0.5, 0.6) is 0 Å². The van der Waals surface area contributed by atoms with Gasteiger partial charge in [0, 0.05) is 12.3 Å². The number of carbonyl (C=O) groups is 2. The molecule has 0 aliphatic carbocycles. The molecule has 24 heavy (non-hydrogen) atoms. The van der Waals surface area contributed by atoms with E-state index < -0.39 is 17.2 Å². The predicted molar refractivity (Wildman–Crippen MR) is 93.6 cm³/mol. The molecule has 5 heteroatoms. The van der Waals surface area contributed by atoms with E-state index in [1.807, 2.05) is 20.8 Å². The Hall–Kier alpha value is -1.88. The van der Waals surface area contributed by atoms with Gasteiger partial charge in [-0.1, -0.05) is 59.2 Å². The maximum atomic E-state index is 11.4. The number of aliphatic hydroxyl groups is 1. The molecule has 0 heterocycles. The lowest BCUT2D eigenvalue weighted by Gasteiger charge is -2.39. The number of aromatic carboxylic acids is 1.